The number of ether oxygens (including phenoxy) is 1. The van der Waals surface area contributed by atoms with Gasteiger partial charge in [-0.3, -0.25) is 4.79 Å². The highest BCUT2D eigenvalue weighted by Gasteiger charge is 2.38. The van der Waals surface area contributed by atoms with Crippen molar-refractivity contribution in [1.82, 2.24) is 0 Å². The average Bonchev–Trinajstić information content (AvgIpc) is 3.03. The molecule has 0 saturated carbocycles. The maximum absolute atomic E-state index is 12.7. The number of rotatable bonds is 5. The molecule has 3 rings (SSSR count). The van der Waals surface area contributed by atoms with Gasteiger partial charge in [-0.2, -0.15) is 0 Å². The normalized spacial score (nSPS) is 18.8. The van der Waals surface area contributed by atoms with Crippen LogP contribution in [0.25, 0.3) is 0 Å². The minimum atomic E-state index is -3.82. The van der Waals surface area contributed by atoms with E-state index < -0.39 is 30.8 Å². The molecule has 0 spiro atoms. The number of hydrogen-bond donors (Lipinski definition) is 1. The van der Waals surface area contributed by atoms with Crippen molar-refractivity contribution in [2.24, 2.45) is 0 Å². The van der Waals surface area contributed by atoms with E-state index in [1.807, 2.05) is 0 Å². The van der Waals surface area contributed by atoms with Gasteiger partial charge in [0.25, 0.3) is 5.91 Å². The summed E-state index contributed by atoms with van der Waals surface area (Å²) >= 11 is 0. The van der Waals surface area contributed by atoms with Crippen molar-refractivity contribution in [3.05, 3.63) is 54.1 Å². The van der Waals surface area contributed by atoms with Crippen molar-refractivity contribution in [2.75, 3.05) is 23.9 Å². The lowest BCUT2D eigenvalue weighted by Crippen LogP contribution is -2.23. The summed E-state index contributed by atoms with van der Waals surface area (Å²) in [6.07, 6.45) is 0.0763. The number of methoxy groups -OCH3 is 1. The van der Waals surface area contributed by atoms with Crippen LogP contribution < -0.4 is 10.1 Å². The molecule has 1 unspecified atom stereocenters. The maximum atomic E-state index is 12.7. The third-order valence-electron chi connectivity index (χ3n) is 4.40. The molecule has 1 aliphatic rings. The zero-order valence-corrected chi connectivity index (χ0v) is 16.2. The van der Waals surface area contributed by atoms with Gasteiger partial charge in [0.2, 0.25) is 0 Å². The molecule has 1 N–H and O–H groups in total. The van der Waals surface area contributed by atoms with E-state index in [9.17, 15) is 21.6 Å². The molecule has 1 aliphatic heterocycles. The molecule has 2 aromatic rings. The fourth-order valence-corrected chi connectivity index (χ4v) is 7.29. The minimum Gasteiger partial charge on any atom is -0.497 e. The molecule has 144 valence electrons. The topological polar surface area (TPSA) is 107 Å². The number of carbonyl (C=O) groups excluding carboxylic acids is 1. The van der Waals surface area contributed by atoms with E-state index in [1.165, 1.54) is 31.4 Å². The molecule has 1 heterocycles. The number of hydrogen-bond acceptors (Lipinski definition) is 6. The van der Waals surface area contributed by atoms with Gasteiger partial charge >= 0.3 is 0 Å². The molecule has 27 heavy (non-hydrogen) atoms. The fourth-order valence-electron chi connectivity index (χ4n) is 2.89. The van der Waals surface area contributed by atoms with Gasteiger partial charge in [-0.25, -0.2) is 16.8 Å². The third-order valence-corrected chi connectivity index (χ3v) is 8.57. The van der Waals surface area contributed by atoms with Crippen molar-refractivity contribution in [3.63, 3.8) is 0 Å². The Kier molecular flexibility index (Phi) is 5.25. The number of amides is 1. The summed E-state index contributed by atoms with van der Waals surface area (Å²) < 4.78 is 53.7. The summed E-state index contributed by atoms with van der Waals surface area (Å²) in [5, 5.41) is 1.72. The molecular formula is C18H19NO6S2. The second-order valence-electron chi connectivity index (χ2n) is 6.28. The second-order valence-corrected chi connectivity index (χ2v) is 10.7. The number of anilines is 1. The predicted molar refractivity (Wildman–Crippen MR) is 102 cm³/mol. The highest BCUT2D eigenvalue weighted by Crippen LogP contribution is 2.26. The van der Waals surface area contributed by atoms with Crippen LogP contribution in [-0.4, -0.2) is 46.6 Å². The molecule has 0 bridgehead atoms. The van der Waals surface area contributed by atoms with Crippen LogP contribution in [0, 0.1) is 0 Å². The molecule has 0 aromatic heterocycles. The summed E-state index contributed by atoms with van der Waals surface area (Å²) in [6.45, 7) is 0. The lowest BCUT2D eigenvalue weighted by atomic mass is 10.2. The summed E-state index contributed by atoms with van der Waals surface area (Å²) in [5.74, 6) is -0.324. The average molecular weight is 409 g/mol. The first-order valence-corrected chi connectivity index (χ1v) is 11.6. The molecule has 1 fully saturated rings. The Labute approximate surface area is 158 Å². The predicted octanol–water partition coefficient (Wildman–Crippen LogP) is 1.91. The van der Waals surface area contributed by atoms with E-state index in [0.29, 0.717) is 11.4 Å². The van der Waals surface area contributed by atoms with E-state index >= 15 is 0 Å². The molecule has 2 aromatic carbocycles. The number of nitrogens with one attached hydrogen (secondary N) is 1. The minimum absolute atomic E-state index is 0.0491. The highest BCUT2D eigenvalue weighted by molar-refractivity contribution is 7.96. The summed E-state index contributed by atoms with van der Waals surface area (Å²) in [6, 6.07) is 12.3. The zero-order chi connectivity index (χ0) is 19.7. The number of sulfone groups is 2. The van der Waals surface area contributed by atoms with Crippen molar-refractivity contribution in [2.45, 2.75) is 16.6 Å². The molecule has 9 heteroatoms. The Morgan fingerprint density at radius 3 is 2.44 bits per heavy atom. The fraction of sp³-hybridized carbons (Fsp3) is 0.278. The largest absolute Gasteiger partial charge is 0.497 e. The molecule has 0 radical (unpaired) electrons. The van der Waals surface area contributed by atoms with E-state index in [1.54, 1.807) is 24.3 Å². The van der Waals surface area contributed by atoms with E-state index in [4.69, 9.17) is 4.74 Å². The Morgan fingerprint density at radius 1 is 1.15 bits per heavy atom. The lowest BCUT2D eigenvalue weighted by molar-refractivity contribution is 0.102. The van der Waals surface area contributed by atoms with Gasteiger partial charge < -0.3 is 10.1 Å². The maximum Gasteiger partial charge on any atom is 0.255 e. The van der Waals surface area contributed by atoms with Gasteiger partial charge in [-0.05, 0) is 48.9 Å². The first kappa shape index (κ1) is 19.4. The Morgan fingerprint density at radius 2 is 1.85 bits per heavy atom. The van der Waals surface area contributed by atoms with E-state index in [-0.39, 0.29) is 28.4 Å². The highest BCUT2D eigenvalue weighted by atomic mass is 32.2. The van der Waals surface area contributed by atoms with Crippen LogP contribution in [0.15, 0.2) is 53.4 Å². The molecule has 1 saturated heterocycles. The SMILES string of the molecule is COc1ccc(NC(=O)c2cccc(S(=O)(=O)C3CCS(=O)(=O)C3)c2)cc1. The van der Waals surface area contributed by atoms with Crippen molar-refractivity contribution in [3.8, 4) is 5.75 Å². The number of benzene rings is 2. The van der Waals surface area contributed by atoms with Crippen LogP contribution in [0.4, 0.5) is 5.69 Å². The molecule has 1 atom stereocenters. The molecule has 0 aliphatic carbocycles. The van der Waals surface area contributed by atoms with E-state index in [0.717, 1.165) is 0 Å². The third kappa shape index (κ3) is 4.30. The van der Waals surface area contributed by atoms with Gasteiger partial charge in [0.1, 0.15) is 5.75 Å². The Bertz CT molecular complexity index is 1060. The van der Waals surface area contributed by atoms with Crippen LogP contribution >= 0.6 is 0 Å². The van der Waals surface area contributed by atoms with Crippen LogP contribution in [0.5, 0.6) is 5.75 Å². The van der Waals surface area contributed by atoms with Gasteiger partial charge in [-0.1, -0.05) is 6.07 Å². The quantitative estimate of drug-likeness (QED) is 0.808. The van der Waals surface area contributed by atoms with Gasteiger partial charge in [-0.15, -0.1) is 0 Å². The summed E-state index contributed by atoms with van der Waals surface area (Å²) in [7, 11) is -5.61. The van der Waals surface area contributed by atoms with Crippen LogP contribution in [-0.2, 0) is 19.7 Å². The Hall–Kier alpha value is -2.39. The molecule has 1 amide bonds. The van der Waals surface area contributed by atoms with Crippen LogP contribution in [0.3, 0.4) is 0 Å². The lowest BCUT2D eigenvalue weighted by Gasteiger charge is -2.12. The van der Waals surface area contributed by atoms with Crippen molar-refractivity contribution < 1.29 is 26.4 Å². The standard InChI is InChI=1S/C18H19NO6S2/c1-25-15-7-5-14(6-8-15)19-18(20)13-3-2-4-16(11-13)27(23,24)17-9-10-26(21,22)12-17/h2-8,11,17H,9-10,12H2,1H3,(H,19,20). The first-order valence-electron chi connectivity index (χ1n) is 8.21. The van der Waals surface area contributed by atoms with E-state index in [2.05, 4.69) is 5.32 Å². The second kappa shape index (κ2) is 7.32. The van der Waals surface area contributed by atoms with Crippen molar-refractivity contribution >= 4 is 31.3 Å². The monoisotopic (exact) mass is 409 g/mol. The number of carbonyl (C=O) groups is 1. The van der Waals surface area contributed by atoms with Gasteiger partial charge in [0.15, 0.2) is 19.7 Å². The zero-order valence-electron chi connectivity index (χ0n) is 14.6. The molecular weight excluding hydrogens is 390 g/mol. The van der Waals surface area contributed by atoms with Crippen LogP contribution in [0.1, 0.15) is 16.8 Å². The smallest absolute Gasteiger partial charge is 0.255 e. The van der Waals surface area contributed by atoms with Crippen molar-refractivity contribution in [1.29, 1.82) is 0 Å². The summed E-state index contributed by atoms with van der Waals surface area (Å²) in [4.78, 5) is 12.4. The summed E-state index contributed by atoms with van der Waals surface area (Å²) in [5.41, 5.74) is 0.712. The van der Waals surface area contributed by atoms with Gasteiger partial charge in [0, 0.05) is 11.3 Å². The first-order chi connectivity index (χ1) is 12.7. The molecule has 7 nitrogen and oxygen atoms in total. The Balaban J connectivity index is 1.81. The van der Waals surface area contributed by atoms with Gasteiger partial charge in [0.05, 0.1) is 28.8 Å². The van der Waals surface area contributed by atoms with Crippen LogP contribution in [0.2, 0.25) is 0 Å².